The van der Waals surface area contributed by atoms with Gasteiger partial charge in [-0.05, 0) is 30.4 Å². The molecule has 3 aromatic rings. The second kappa shape index (κ2) is 7.74. The highest BCUT2D eigenvalue weighted by Gasteiger charge is 2.32. The quantitative estimate of drug-likeness (QED) is 0.655. The van der Waals surface area contributed by atoms with Gasteiger partial charge in [-0.1, -0.05) is 29.5 Å². The van der Waals surface area contributed by atoms with Crippen LogP contribution in [0.2, 0.25) is 0 Å². The van der Waals surface area contributed by atoms with E-state index in [9.17, 15) is 9.59 Å². The number of hydrogen-bond donors (Lipinski definition) is 0. The van der Waals surface area contributed by atoms with Crippen molar-refractivity contribution in [2.75, 3.05) is 13.1 Å². The van der Waals surface area contributed by atoms with Crippen molar-refractivity contribution in [1.29, 1.82) is 0 Å². The van der Waals surface area contributed by atoms with Crippen LogP contribution in [-0.4, -0.2) is 60.7 Å². The van der Waals surface area contributed by atoms with Crippen molar-refractivity contribution in [2.45, 2.75) is 38.4 Å². The van der Waals surface area contributed by atoms with Crippen molar-refractivity contribution >= 4 is 11.8 Å². The van der Waals surface area contributed by atoms with E-state index in [1.165, 1.54) is 23.7 Å². The third kappa shape index (κ3) is 3.47. The lowest BCUT2D eigenvalue weighted by atomic mass is 10.00. The van der Waals surface area contributed by atoms with E-state index in [1.807, 2.05) is 17.0 Å². The molecule has 1 aromatic carbocycles. The molecule has 2 aliphatic rings. The molecule has 2 aromatic heterocycles. The lowest BCUT2D eigenvalue weighted by Crippen LogP contribution is -2.38. The molecule has 30 heavy (non-hydrogen) atoms. The molecule has 0 bridgehead atoms. The van der Waals surface area contributed by atoms with E-state index in [-0.39, 0.29) is 23.6 Å². The molecule has 9 heteroatoms. The van der Waals surface area contributed by atoms with Gasteiger partial charge in [0.05, 0.1) is 25.0 Å². The summed E-state index contributed by atoms with van der Waals surface area (Å²) in [6.45, 7) is 2.41. The molecule has 1 saturated heterocycles. The Bertz CT molecular complexity index is 1060. The van der Waals surface area contributed by atoms with Gasteiger partial charge in [-0.3, -0.25) is 9.59 Å². The highest BCUT2D eigenvalue weighted by molar-refractivity contribution is 5.92. The fourth-order valence-electron chi connectivity index (χ4n) is 4.29. The van der Waals surface area contributed by atoms with Crippen LogP contribution in [0.1, 0.15) is 45.0 Å². The Morgan fingerprint density at radius 1 is 1.13 bits per heavy atom. The van der Waals surface area contributed by atoms with E-state index in [4.69, 9.17) is 4.42 Å². The largest absolute Gasteiger partial charge is 0.438 e. The molecule has 9 nitrogen and oxygen atoms in total. The second-order valence-electron chi connectivity index (χ2n) is 7.73. The number of benzene rings is 1. The van der Waals surface area contributed by atoms with Crippen LogP contribution in [-0.2, 0) is 19.5 Å². The maximum Gasteiger partial charge on any atom is 0.291 e. The van der Waals surface area contributed by atoms with Crippen molar-refractivity contribution in [3.05, 3.63) is 65.6 Å². The summed E-state index contributed by atoms with van der Waals surface area (Å²) in [6.07, 6.45) is 6.99. The highest BCUT2D eigenvalue weighted by atomic mass is 16.3. The van der Waals surface area contributed by atoms with Crippen LogP contribution in [0.25, 0.3) is 0 Å². The van der Waals surface area contributed by atoms with Crippen molar-refractivity contribution in [3.63, 3.8) is 0 Å². The zero-order valence-corrected chi connectivity index (χ0v) is 16.5. The van der Waals surface area contributed by atoms with Crippen LogP contribution in [0, 0.1) is 0 Å². The molecule has 0 aliphatic carbocycles. The summed E-state index contributed by atoms with van der Waals surface area (Å²) < 4.78 is 6.80. The molecule has 0 radical (unpaired) electrons. The third-order valence-corrected chi connectivity index (χ3v) is 5.85. The van der Waals surface area contributed by atoms with Crippen LogP contribution in [0.4, 0.5) is 0 Å². The van der Waals surface area contributed by atoms with Crippen molar-refractivity contribution < 1.29 is 14.0 Å². The molecule has 4 heterocycles. The Hall–Kier alpha value is -3.49. The normalized spacial score (nSPS) is 18.5. The monoisotopic (exact) mass is 406 g/mol. The number of carbonyl (C=O) groups excluding carboxylic acids is 2. The van der Waals surface area contributed by atoms with E-state index in [0.717, 1.165) is 19.3 Å². The molecular formula is C21H22N6O3. The maximum atomic E-state index is 12.9. The van der Waals surface area contributed by atoms with Crippen LogP contribution in [0.3, 0.4) is 0 Å². The Balaban J connectivity index is 1.25. The lowest BCUT2D eigenvalue weighted by Gasteiger charge is -2.28. The molecule has 1 fully saturated rings. The summed E-state index contributed by atoms with van der Waals surface area (Å²) in [5, 5.41) is 8.24. The summed E-state index contributed by atoms with van der Waals surface area (Å²) in [4.78, 5) is 32.9. The first-order valence-corrected chi connectivity index (χ1v) is 10.1. The summed E-state index contributed by atoms with van der Waals surface area (Å²) in [7, 11) is 0. The minimum atomic E-state index is -0.168. The predicted molar refractivity (Wildman–Crippen MR) is 105 cm³/mol. The van der Waals surface area contributed by atoms with Gasteiger partial charge in [0.2, 0.25) is 5.76 Å². The molecule has 0 unspecified atom stereocenters. The van der Waals surface area contributed by atoms with Crippen LogP contribution in [0.5, 0.6) is 0 Å². The number of nitrogens with zero attached hydrogens (tertiary/aromatic N) is 6. The summed E-state index contributed by atoms with van der Waals surface area (Å²) in [5.74, 6) is -0.0445. The van der Waals surface area contributed by atoms with Gasteiger partial charge in [-0.2, -0.15) is 0 Å². The second-order valence-corrected chi connectivity index (χ2v) is 7.73. The van der Waals surface area contributed by atoms with Crippen molar-refractivity contribution in [2.24, 2.45) is 0 Å². The third-order valence-electron chi connectivity index (χ3n) is 5.85. The number of likely N-dealkylation sites (tertiary alicyclic amines) is 1. The zero-order chi connectivity index (χ0) is 20.5. The molecule has 0 N–H and O–H groups in total. The molecular weight excluding hydrogens is 384 g/mol. The summed E-state index contributed by atoms with van der Waals surface area (Å²) in [6, 6.07) is 8.18. The fourth-order valence-corrected chi connectivity index (χ4v) is 4.29. The van der Waals surface area contributed by atoms with Gasteiger partial charge in [-0.25, -0.2) is 9.67 Å². The van der Waals surface area contributed by atoms with E-state index in [2.05, 4.69) is 27.4 Å². The maximum absolute atomic E-state index is 12.9. The number of amides is 2. The number of hydrogen-bond acceptors (Lipinski definition) is 6. The highest BCUT2D eigenvalue weighted by Crippen LogP contribution is 2.22. The van der Waals surface area contributed by atoms with Gasteiger partial charge in [0.1, 0.15) is 0 Å². The van der Waals surface area contributed by atoms with E-state index in [1.54, 1.807) is 15.8 Å². The molecule has 2 amide bonds. The van der Waals surface area contributed by atoms with Crippen molar-refractivity contribution in [1.82, 2.24) is 29.8 Å². The van der Waals surface area contributed by atoms with Crippen molar-refractivity contribution in [3.8, 4) is 0 Å². The van der Waals surface area contributed by atoms with Crippen LogP contribution < -0.4 is 0 Å². The molecule has 2 aliphatic heterocycles. The Morgan fingerprint density at radius 3 is 2.83 bits per heavy atom. The smallest absolute Gasteiger partial charge is 0.291 e. The number of aromatic nitrogens is 4. The van der Waals surface area contributed by atoms with Crippen LogP contribution >= 0.6 is 0 Å². The lowest BCUT2D eigenvalue weighted by molar-refractivity contribution is 0.0687. The topological polar surface area (TPSA) is 97.4 Å². The molecule has 1 atom stereocenters. The van der Waals surface area contributed by atoms with Crippen LogP contribution in [0.15, 0.2) is 47.5 Å². The zero-order valence-electron chi connectivity index (χ0n) is 16.5. The predicted octanol–water partition coefficient (Wildman–Crippen LogP) is 1.77. The first-order chi connectivity index (χ1) is 14.7. The molecule has 154 valence electrons. The minimum Gasteiger partial charge on any atom is -0.438 e. The van der Waals surface area contributed by atoms with Gasteiger partial charge in [0, 0.05) is 19.6 Å². The molecule has 0 spiro atoms. The number of rotatable bonds is 4. The first-order valence-electron chi connectivity index (χ1n) is 10.1. The van der Waals surface area contributed by atoms with Gasteiger partial charge in [0.25, 0.3) is 11.8 Å². The fraction of sp³-hybridized carbons (Fsp3) is 0.381. The van der Waals surface area contributed by atoms with E-state index in [0.29, 0.717) is 31.9 Å². The minimum absolute atomic E-state index is 0.0193. The average Bonchev–Trinajstić information content (AvgIpc) is 3.54. The first kappa shape index (κ1) is 18.5. The average molecular weight is 406 g/mol. The van der Waals surface area contributed by atoms with Gasteiger partial charge in [0.15, 0.2) is 12.1 Å². The number of oxazole rings is 1. The van der Waals surface area contributed by atoms with E-state index < -0.39 is 0 Å². The standard InChI is InChI=1S/C21H22N6O3/c28-20(25-9-7-15-4-1-2-5-16(15)11-25)18-13-26(24-23-18)12-17-6-3-8-27(17)21(29)19-10-22-14-30-19/h1-2,4-5,10,13-14,17H,3,6-9,11-12H2/t17-/m0/s1. The van der Waals surface area contributed by atoms with Gasteiger partial charge in [-0.15, -0.1) is 5.10 Å². The molecule has 5 rings (SSSR count). The summed E-state index contributed by atoms with van der Waals surface area (Å²) in [5.41, 5.74) is 2.81. The Morgan fingerprint density at radius 2 is 2.00 bits per heavy atom. The van der Waals surface area contributed by atoms with Gasteiger partial charge >= 0.3 is 0 Å². The molecule has 0 saturated carbocycles. The number of fused-ring (bicyclic) bond motifs is 1. The van der Waals surface area contributed by atoms with E-state index >= 15 is 0 Å². The Kier molecular flexibility index (Phi) is 4.78. The SMILES string of the molecule is O=C(c1cn(C[C@@H]2CCCN2C(=O)c2cnco2)nn1)N1CCc2ccccc2C1. The summed E-state index contributed by atoms with van der Waals surface area (Å²) >= 11 is 0. The van der Waals surface area contributed by atoms with Gasteiger partial charge < -0.3 is 14.2 Å². The number of carbonyl (C=O) groups is 2. The Labute approximate surface area is 173 Å².